The normalized spacial score (nSPS) is 13.2. The molecule has 2 aromatic rings. The Labute approximate surface area is 92.8 Å². The van der Waals surface area contributed by atoms with Crippen LogP contribution in [0.25, 0.3) is 10.2 Å². The number of rotatable bonds is 4. The number of fused-ring (bicyclic) bond motifs is 1. The quantitative estimate of drug-likeness (QED) is 0.809. The lowest BCUT2D eigenvalue weighted by Gasteiger charge is -2.05. The Morgan fingerprint density at radius 3 is 3.00 bits per heavy atom. The fourth-order valence-electron chi connectivity index (χ4n) is 1.42. The van der Waals surface area contributed by atoms with Crippen molar-refractivity contribution in [3.05, 3.63) is 29.3 Å². The molecule has 0 radical (unpaired) electrons. The van der Waals surface area contributed by atoms with E-state index < -0.39 is 0 Å². The smallest absolute Gasteiger partial charge is 0.0939 e. The molecule has 1 aromatic heterocycles. The van der Waals surface area contributed by atoms with Crippen molar-refractivity contribution in [3.63, 3.8) is 0 Å². The molecule has 0 aliphatic rings. The molecule has 1 heterocycles. The standard InChI is InChI=1S/C11H14N2OS/c1-8(14-12)6-7-11-13-9-4-2-3-5-10(9)15-11/h2-5,8H,6-7,12H2,1H3. The van der Waals surface area contributed by atoms with E-state index in [1.165, 1.54) is 4.70 Å². The summed E-state index contributed by atoms with van der Waals surface area (Å²) >= 11 is 1.74. The minimum atomic E-state index is 0.0945. The summed E-state index contributed by atoms with van der Waals surface area (Å²) in [7, 11) is 0. The lowest BCUT2D eigenvalue weighted by atomic mass is 10.2. The highest BCUT2D eigenvalue weighted by atomic mass is 32.1. The zero-order chi connectivity index (χ0) is 10.7. The van der Waals surface area contributed by atoms with Gasteiger partial charge in [0.2, 0.25) is 0 Å². The van der Waals surface area contributed by atoms with Crippen LogP contribution in [0.4, 0.5) is 0 Å². The number of hydrogen-bond acceptors (Lipinski definition) is 4. The second-order valence-corrected chi connectivity index (χ2v) is 4.68. The zero-order valence-corrected chi connectivity index (χ0v) is 9.46. The third-order valence-electron chi connectivity index (χ3n) is 2.34. The van der Waals surface area contributed by atoms with Crippen LogP contribution in [0.15, 0.2) is 24.3 Å². The molecule has 4 heteroatoms. The van der Waals surface area contributed by atoms with E-state index in [1.807, 2.05) is 25.1 Å². The third kappa shape index (κ3) is 2.53. The summed E-state index contributed by atoms with van der Waals surface area (Å²) in [5.41, 5.74) is 1.08. The van der Waals surface area contributed by atoms with Crippen LogP contribution in [0.5, 0.6) is 0 Å². The van der Waals surface area contributed by atoms with Crippen molar-refractivity contribution in [1.82, 2.24) is 4.98 Å². The van der Waals surface area contributed by atoms with Gasteiger partial charge in [0.1, 0.15) is 0 Å². The summed E-state index contributed by atoms with van der Waals surface area (Å²) in [6.07, 6.45) is 1.94. The van der Waals surface area contributed by atoms with Crippen molar-refractivity contribution >= 4 is 21.6 Å². The Morgan fingerprint density at radius 2 is 2.27 bits per heavy atom. The first-order valence-electron chi connectivity index (χ1n) is 4.99. The maximum atomic E-state index is 5.09. The summed E-state index contributed by atoms with van der Waals surface area (Å²) in [5, 5.41) is 1.15. The first-order valence-corrected chi connectivity index (χ1v) is 5.81. The largest absolute Gasteiger partial charge is 0.302 e. The predicted molar refractivity (Wildman–Crippen MR) is 62.7 cm³/mol. The molecule has 1 aromatic carbocycles. The van der Waals surface area contributed by atoms with Crippen LogP contribution in [0.3, 0.4) is 0 Å². The molecule has 0 spiro atoms. The second kappa shape index (κ2) is 4.70. The summed E-state index contributed by atoms with van der Waals surface area (Å²) in [6.45, 7) is 1.97. The molecule has 0 saturated heterocycles. The number of nitrogens with zero attached hydrogens (tertiary/aromatic N) is 1. The summed E-state index contributed by atoms with van der Waals surface area (Å²) in [5.74, 6) is 5.09. The molecule has 15 heavy (non-hydrogen) atoms. The van der Waals surface area contributed by atoms with Gasteiger partial charge in [0.25, 0.3) is 0 Å². The van der Waals surface area contributed by atoms with E-state index >= 15 is 0 Å². The summed E-state index contributed by atoms with van der Waals surface area (Å²) in [6, 6.07) is 8.19. The molecule has 3 nitrogen and oxygen atoms in total. The number of aromatic nitrogens is 1. The van der Waals surface area contributed by atoms with Crippen molar-refractivity contribution in [3.8, 4) is 0 Å². The van der Waals surface area contributed by atoms with E-state index in [2.05, 4.69) is 11.1 Å². The first kappa shape index (κ1) is 10.5. The average molecular weight is 222 g/mol. The molecule has 1 unspecified atom stereocenters. The SMILES string of the molecule is CC(CCc1nc2ccccc2s1)ON. The van der Waals surface area contributed by atoms with Gasteiger partial charge in [-0.25, -0.2) is 10.9 Å². The fourth-order valence-corrected chi connectivity index (χ4v) is 2.40. The zero-order valence-electron chi connectivity index (χ0n) is 8.64. The van der Waals surface area contributed by atoms with Gasteiger partial charge in [-0.15, -0.1) is 11.3 Å². The topological polar surface area (TPSA) is 48.1 Å². The highest BCUT2D eigenvalue weighted by molar-refractivity contribution is 7.18. The van der Waals surface area contributed by atoms with Gasteiger partial charge in [0.05, 0.1) is 21.3 Å². The van der Waals surface area contributed by atoms with E-state index in [0.717, 1.165) is 23.4 Å². The highest BCUT2D eigenvalue weighted by Crippen LogP contribution is 2.22. The predicted octanol–water partition coefficient (Wildman–Crippen LogP) is 2.51. The number of para-hydroxylation sites is 1. The Hall–Kier alpha value is -0.970. The van der Waals surface area contributed by atoms with E-state index in [-0.39, 0.29) is 6.10 Å². The third-order valence-corrected chi connectivity index (χ3v) is 3.43. The van der Waals surface area contributed by atoms with E-state index in [0.29, 0.717) is 0 Å². The molecule has 1 atom stereocenters. The fraction of sp³-hybridized carbons (Fsp3) is 0.364. The monoisotopic (exact) mass is 222 g/mol. The van der Waals surface area contributed by atoms with Crippen molar-refractivity contribution in [2.75, 3.05) is 0 Å². The average Bonchev–Trinajstić information content (AvgIpc) is 2.68. The van der Waals surface area contributed by atoms with E-state index in [1.54, 1.807) is 11.3 Å². The molecule has 0 bridgehead atoms. The Kier molecular flexibility index (Phi) is 3.30. The molecule has 0 fully saturated rings. The van der Waals surface area contributed by atoms with Crippen LogP contribution in [-0.4, -0.2) is 11.1 Å². The lowest BCUT2D eigenvalue weighted by Crippen LogP contribution is -2.13. The molecule has 0 aliphatic carbocycles. The van der Waals surface area contributed by atoms with Crippen LogP contribution in [0, 0.1) is 0 Å². The molecule has 0 aliphatic heterocycles. The van der Waals surface area contributed by atoms with Crippen LogP contribution >= 0.6 is 11.3 Å². The van der Waals surface area contributed by atoms with Gasteiger partial charge in [-0.05, 0) is 25.5 Å². The Bertz CT molecular complexity index is 408. The van der Waals surface area contributed by atoms with Crippen LogP contribution in [0.1, 0.15) is 18.4 Å². The Morgan fingerprint density at radius 1 is 1.47 bits per heavy atom. The molecule has 0 amide bonds. The van der Waals surface area contributed by atoms with Crippen molar-refractivity contribution in [1.29, 1.82) is 0 Å². The van der Waals surface area contributed by atoms with Gasteiger partial charge in [-0.2, -0.15) is 0 Å². The first-order chi connectivity index (χ1) is 7.29. The van der Waals surface area contributed by atoms with Crippen LogP contribution in [-0.2, 0) is 11.3 Å². The molecule has 0 saturated carbocycles. The van der Waals surface area contributed by atoms with E-state index in [9.17, 15) is 0 Å². The molecular weight excluding hydrogens is 208 g/mol. The number of aryl methyl sites for hydroxylation is 1. The van der Waals surface area contributed by atoms with Gasteiger partial charge in [-0.1, -0.05) is 12.1 Å². The summed E-state index contributed by atoms with van der Waals surface area (Å²) < 4.78 is 1.24. The van der Waals surface area contributed by atoms with Crippen LogP contribution < -0.4 is 5.90 Å². The Balaban J connectivity index is 2.09. The summed E-state index contributed by atoms with van der Waals surface area (Å²) in [4.78, 5) is 9.26. The molecule has 80 valence electrons. The number of benzene rings is 1. The maximum Gasteiger partial charge on any atom is 0.0939 e. The van der Waals surface area contributed by atoms with Gasteiger partial charge < -0.3 is 4.84 Å². The molecule has 2 N–H and O–H groups in total. The van der Waals surface area contributed by atoms with Gasteiger partial charge in [0, 0.05) is 6.42 Å². The van der Waals surface area contributed by atoms with Crippen molar-refractivity contribution in [2.24, 2.45) is 5.90 Å². The van der Waals surface area contributed by atoms with E-state index in [4.69, 9.17) is 10.7 Å². The molecular formula is C11H14N2OS. The van der Waals surface area contributed by atoms with Gasteiger partial charge in [0.15, 0.2) is 0 Å². The maximum absolute atomic E-state index is 5.09. The number of nitrogens with two attached hydrogens (primary N) is 1. The number of hydrogen-bond donors (Lipinski definition) is 1. The number of thiazole rings is 1. The minimum Gasteiger partial charge on any atom is -0.302 e. The van der Waals surface area contributed by atoms with Gasteiger partial charge >= 0.3 is 0 Å². The van der Waals surface area contributed by atoms with Crippen molar-refractivity contribution < 1.29 is 4.84 Å². The second-order valence-electron chi connectivity index (χ2n) is 3.56. The molecule has 2 rings (SSSR count). The van der Waals surface area contributed by atoms with Gasteiger partial charge in [-0.3, -0.25) is 0 Å². The lowest BCUT2D eigenvalue weighted by molar-refractivity contribution is 0.0610. The minimum absolute atomic E-state index is 0.0945. The van der Waals surface area contributed by atoms with Crippen molar-refractivity contribution in [2.45, 2.75) is 25.9 Å². The highest BCUT2D eigenvalue weighted by Gasteiger charge is 2.05. The van der Waals surface area contributed by atoms with Crippen LogP contribution in [0.2, 0.25) is 0 Å².